The Labute approximate surface area is 140 Å². The number of ether oxygens (including phenoxy) is 1. The van der Waals surface area contributed by atoms with Crippen LogP contribution < -0.4 is 10.6 Å². The van der Waals surface area contributed by atoms with Crippen LogP contribution in [0.15, 0.2) is 18.2 Å². The lowest BCUT2D eigenvalue weighted by molar-refractivity contribution is -0.122. The first-order valence-electron chi connectivity index (χ1n) is 7.60. The van der Waals surface area contributed by atoms with Gasteiger partial charge in [0.2, 0.25) is 11.8 Å². The third kappa shape index (κ3) is 6.74. The highest BCUT2D eigenvalue weighted by molar-refractivity contribution is 5.94. The molecule has 0 aromatic heterocycles. The first-order valence-corrected chi connectivity index (χ1v) is 7.60. The second-order valence-corrected chi connectivity index (χ2v) is 5.10. The number of likely N-dealkylation sites (N-methyl/N-ethyl adjacent to an activating group) is 1. The second kappa shape index (κ2) is 9.61. The van der Waals surface area contributed by atoms with Crippen molar-refractivity contribution in [2.24, 2.45) is 0 Å². The highest BCUT2D eigenvalue weighted by atomic mass is 19.1. The molecule has 0 fully saturated rings. The van der Waals surface area contributed by atoms with Crippen LogP contribution in [0.2, 0.25) is 0 Å². The number of nitrogens with zero attached hydrogens (tertiary/aromatic N) is 1. The van der Waals surface area contributed by atoms with Crippen LogP contribution in [0.1, 0.15) is 19.4 Å². The monoisotopic (exact) mass is 339 g/mol. The van der Waals surface area contributed by atoms with Gasteiger partial charge in [-0.25, -0.2) is 9.18 Å². The minimum Gasteiger partial charge on any atom is -0.450 e. The largest absolute Gasteiger partial charge is 0.450 e. The number of imide groups is 1. The lowest BCUT2D eigenvalue weighted by Crippen LogP contribution is -2.43. The molecule has 132 valence electrons. The standard InChI is InChI=1S/C16H22FN3O4/c1-4-20(10-15(22)19-16(23)24-5-2)9-14(21)18-13-7-6-11(3)8-12(13)17/h6-8H,4-5,9-10H2,1-3H3,(H,18,21)(H,19,22,23). The number of rotatable bonds is 7. The van der Waals surface area contributed by atoms with Crippen molar-refractivity contribution in [1.29, 1.82) is 0 Å². The number of nitrogens with one attached hydrogen (secondary N) is 2. The molecular weight excluding hydrogens is 317 g/mol. The number of carbonyl (C=O) groups is 3. The summed E-state index contributed by atoms with van der Waals surface area (Å²) in [6.07, 6.45) is -0.829. The zero-order valence-electron chi connectivity index (χ0n) is 14.0. The first-order chi connectivity index (χ1) is 11.3. The molecule has 0 aliphatic heterocycles. The molecule has 0 saturated heterocycles. The van der Waals surface area contributed by atoms with E-state index in [1.165, 1.54) is 17.0 Å². The average molecular weight is 339 g/mol. The molecule has 1 aromatic carbocycles. The molecule has 24 heavy (non-hydrogen) atoms. The third-order valence-corrected chi connectivity index (χ3v) is 3.10. The summed E-state index contributed by atoms with van der Waals surface area (Å²) in [7, 11) is 0. The third-order valence-electron chi connectivity index (χ3n) is 3.10. The molecular formula is C16H22FN3O4. The van der Waals surface area contributed by atoms with Crippen LogP contribution in [0.5, 0.6) is 0 Å². The van der Waals surface area contributed by atoms with Gasteiger partial charge in [0.25, 0.3) is 0 Å². The van der Waals surface area contributed by atoms with E-state index in [1.54, 1.807) is 26.8 Å². The number of hydrogen-bond acceptors (Lipinski definition) is 5. The lowest BCUT2D eigenvalue weighted by Gasteiger charge is -2.19. The molecule has 0 saturated carbocycles. The Morgan fingerprint density at radius 1 is 1.17 bits per heavy atom. The normalized spacial score (nSPS) is 10.4. The maximum absolute atomic E-state index is 13.7. The summed E-state index contributed by atoms with van der Waals surface area (Å²) in [4.78, 5) is 36.3. The van der Waals surface area contributed by atoms with Crippen molar-refractivity contribution in [1.82, 2.24) is 10.2 Å². The fourth-order valence-corrected chi connectivity index (χ4v) is 1.92. The number of benzene rings is 1. The van der Waals surface area contributed by atoms with Gasteiger partial charge in [-0.3, -0.25) is 19.8 Å². The number of aryl methyl sites for hydroxylation is 1. The fourth-order valence-electron chi connectivity index (χ4n) is 1.92. The summed E-state index contributed by atoms with van der Waals surface area (Å²) in [6.45, 7) is 5.42. The van der Waals surface area contributed by atoms with Gasteiger partial charge in [0, 0.05) is 0 Å². The Hall–Kier alpha value is -2.48. The molecule has 0 spiro atoms. The van der Waals surface area contributed by atoms with E-state index in [1.807, 2.05) is 0 Å². The summed E-state index contributed by atoms with van der Waals surface area (Å²) in [5.41, 5.74) is 0.828. The Balaban J connectivity index is 2.53. The van der Waals surface area contributed by atoms with E-state index in [4.69, 9.17) is 0 Å². The zero-order chi connectivity index (χ0) is 18.1. The molecule has 0 unspecified atom stereocenters. The van der Waals surface area contributed by atoms with E-state index in [-0.39, 0.29) is 25.4 Å². The molecule has 0 heterocycles. The van der Waals surface area contributed by atoms with Gasteiger partial charge >= 0.3 is 6.09 Å². The Kier molecular flexibility index (Phi) is 7.84. The maximum Gasteiger partial charge on any atom is 0.413 e. The number of halogens is 1. The van der Waals surface area contributed by atoms with Crippen molar-refractivity contribution in [3.63, 3.8) is 0 Å². The molecule has 7 nitrogen and oxygen atoms in total. The smallest absolute Gasteiger partial charge is 0.413 e. The van der Waals surface area contributed by atoms with Gasteiger partial charge in [-0.1, -0.05) is 13.0 Å². The van der Waals surface area contributed by atoms with E-state index < -0.39 is 23.7 Å². The number of hydrogen-bond donors (Lipinski definition) is 2. The number of amides is 3. The van der Waals surface area contributed by atoms with Crippen LogP contribution in [0.25, 0.3) is 0 Å². The molecule has 3 amide bonds. The van der Waals surface area contributed by atoms with Gasteiger partial charge in [-0.05, 0) is 38.1 Å². The molecule has 8 heteroatoms. The van der Waals surface area contributed by atoms with Crippen molar-refractivity contribution in [3.05, 3.63) is 29.6 Å². The molecule has 0 bridgehead atoms. The van der Waals surface area contributed by atoms with E-state index in [0.717, 1.165) is 5.56 Å². The van der Waals surface area contributed by atoms with Gasteiger partial charge in [0.1, 0.15) is 5.82 Å². The van der Waals surface area contributed by atoms with Gasteiger partial charge in [0.05, 0.1) is 25.4 Å². The fraction of sp³-hybridized carbons (Fsp3) is 0.438. The highest BCUT2D eigenvalue weighted by Gasteiger charge is 2.16. The number of carbonyl (C=O) groups excluding carboxylic acids is 3. The van der Waals surface area contributed by atoms with Crippen LogP contribution in [0, 0.1) is 12.7 Å². The molecule has 1 aromatic rings. The predicted molar refractivity (Wildman–Crippen MR) is 87.0 cm³/mol. The van der Waals surface area contributed by atoms with Crippen LogP contribution >= 0.6 is 0 Å². The average Bonchev–Trinajstić information content (AvgIpc) is 2.49. The summed E-state index contributed by atoms with van der Waals surface area (Å²) < 4.78 is 18.3. The van der Waals surface area contributed by atoms with Crippen LogP contribution in [-0.4, -0.2) is 49.0 Å². The SMILES string of the molecule is CCOC(=O)NC(=O)CN(CC)CC(=O)Nc1ccc(C)cc1F. The van der Waals surface area contributed by atoms with Gasteiger partial charge < -0.3 is 10.1 Å². The molecule has 1 rings (SSSR count). The van der Waals surface area contributed by atoms with Crippen LogP contribution in [0.3, 0.4) is 0 Å². The maximum atomic E-state index is 13.7. The second-order valence-electron chi connectivity index (χ2n) is 5.10. The quantitative estimate of drug-likeness (QED) is 0.789. The van der Waals surface area contributed by atoms with E-state index in [0.29, 0.717) is 6.54 Å². The first kappa shape index (κ1) is 19.6. The van der Waals surface area contributed by atoms with Gasteiger partial charge in [0.15, 0.2) is 0 Å². The van der Waals surface area contributed by atoms with Crippen LogP contribution in [0.4, 0.5) is 14.9 Å². The zero-order valence-corrected chi connectivity index (χ0v) is 14.0. The molecule has 2 N–H and O–H groups in total. The molecule has 0 aliphatic carbocycles. The summed E-state index contributed by atoms with van der Waals surface area (Å²) >= 11 is 0. The van der Waals surface area contributed by atoms with E-state index in [2.05, 4.69) is 15.4 Å². The highest BCUT2D eigenvalue weighted by Crippen LogP contribution is 2.15. The summed E-state index contributed by atoms with van der Waals surface area (Å²) in [5, 5.41) is 4.51. The van der Waals surface area contributed by atoms with Gasteiger partial charge in [-0.15, -0.1) is 0 Å². The topological polar surface area (TPSA) is 87.7 Å². The number of anilines is 1. The van der Waals surface area contributed by atoms with Crippen molar-refractivity contribution < 1.29 is 23.5 Å². The van der Waals surface area contributed by atoms with Crippen molar-refractivity contribution in [3.8, 4) is 0 Å². The lowest BCUT2D eigenvalue weighted by atomic mass is 10.2. The summed E-state index contributed by atoms with van der Waals surface area (Å²) in [6, 6.07) is 4.48. The van der Waals surface area contributed by atoms with Gasteiger partial charge in [-0.2, -0.15) is 0 Å². The minimum absolute atomic E-state index is 0.0811. The van der Waals surface area contributed by atoms with E-state index >= 15 is 0 Å². The number of alkyl carbamates (subject to hydrolysis) is 1. The van der Waals surface area contributed by atoms with Crippen molar-refractivity contribution >= 4 is 23.6 Å². The van der Waals surface area contributed by atoms with Crippen molar-refractivity contribution in [2.45, 2.75) is 20.8 Å². The molecule has 0 atom stereocenters. The van der Waals surface area contributed by atoms with Crippen molar-refractivity contribution in [2.75, 3.05) is 31.6 Å². The summed E-state index contributed by atoms with van der Waals surface area (Å²) in [5.74, 6) is -1.56. The molecule has 0 radical (unpaired) electrons. The predicted octanol–water partition coefficient (Wildman–Crippen LogP) is 1.67. The Morgan fingerprint density at radius 3 is 2.42 bits per heavy atom. The Bertz CT molecular complexity index is 607. The molecule has 0 aliphatic rings. The minimum atomic E-state index is -0.829. The van der Waals surface area contributed by atoms with E-state index in [9.17, 15) is 18.8 Å². The Morgan fingerprint density at radius 2 is 1.83 bits per heavy atom. The van der Waals surface area contributed by atoms with Crippen LogP contribution in [-0.2, 0) is 14.3 Å².